The second-order valence-electron chi connectivity index (χ2n) is 7.39. The summed E-state index contributed by atoms with van der Waals surface area (Å²) in [5, 5.41) is 0. The summed E-state index contributed by atoms with van der Waals surface area (Å²) >= 11 is 0. The van der Waals surface area contributed by atoms with Gasteiger partial charge in [-0.1, -0.05) is 24.1 Å². The fourth-order valence-electron chi connectivity index (χ4n) is 3.60. The average Bonchev–Trinajstić information content (AvgIpc) is 2.58. The highest BCUT2D eigenvalue weighted by atomic mass is 16.5. The zero-order valence-electron chi connectivity index (χ0n) is 15.6. The molecule has 0 saturated carbocycles. The molecule has 134 valence electrons. The Hall–Kier alpha value is -1.58. The van der Waals surface area contributed by atoms with E-state index in [4.69, 9.17) is 4.74 Å². The lowest BCUT2D eigenvalue weighted by Crippen LogP contribution is -2.39. The van der Waals surface area contributed by atoms with Gasteiger partial charge >= 0.3 is 5.97 Å². The van der Waals surface area contributed by atoms with Gasteiger partial charge in [-0.2, -0.15) is 0 Å². The number of ether oxygens (including phenoxy) is 1. The molecular formula is C20H31NO3. The molecule has 1 atom stereocenters. The van der Waals surface area contributed by atoms with E-state index >= 15 is 0 Å². The minimum absolute atomic E-state index is 0.147. The van der Waals surface area contributed by atoms with Crippen molar-refractivity contribution in [2.45, 2.75) is 59.3 Å². The average molecular weight is 333 g/mol. The number of carbonyl (C=O) groups excluding carboxylic acids is 2. The number of esters is 1. The van der Waals surface area contributed by atoms with Gasteiger partial charge in [-0.05, 0) is 57.8 Å². The van der Waals surface area contributed by atoms with Crippen molar-refractivity contribution in [3.05, 3.63) is 22.8 Å². The van der Waals surface area contributed by atoms with Gasteiger partial charge in [-0.15, -0.1) is 0 Å². The Balaban J connectivity index is 2.03. The van der Waals surface area contributed by atoms with Crippen LogP contribution in [0, 0.1) is 11.8 Å². The van der Waals surface area contributed by atoms with Crippen LogP contribution in [0.5, 0.6) is 0 Å². The van der Waals surface area contributed by atoms with E-state index in [1.165, 1.54) is 24.7 Å². The second-order valence-corrected chi connectivity index (χ2v) is 7.39. The predicted octanol–water partition coefficient (Wildman–Crippen LogP) is 3.87. The molecule has 4 nitrogen and oxygen atoms in total. The topological polar surface area (TPSA) is 46.6 Å². The van der Waals surface area contributed by atoms with Gasteiger partial charge in [-0.25, -0.2) is 0 Å². The van der Waals surface area contributed by atoms with Crippen molar-refractivity contribution >= 4 is 11.9 Å². The van der Waals surface area contributed by atoms with E-state index < -0.39 is 0 Å². The monoisotopic (exact) mass is 333 g/mol. The molecule has 0 aromatic rings. The van der Waals surface area contributed by atoms with E-state index in [1.54, 1.807) is 0 Å². The first kappa shape index (κ1) is 18.8. The normalized spacial score (nSPS) is 23.4. The SMILES string of the molecule is COC(=O)CC1CCN(C(=O)C2=C(C)CCCC(C)C(C)=C2)CC1. The van der Waals surface area contributed by atoms with Gasteiger partial charge in [0, 0.05) is 25.1 Å². The third kappa shape index (κ3) is 4.71. The Morgan fingerprint density at radius 2 is 1.88 bits per heavy atom. The Morgan fingerprint density at radius 3 is 2.50 bits per heavy atom. The number of hydrogen-bond donors (Lipinski definition) is 0. The molecule has 0 aromatic heterocycles. The van der Waals surface area contributed by atoms with Crippen LogP contribution in [0.2, 0.25) is 0 Å². The van der Waals surface area contributed by atoms with Crippen LogP contribution in [-0.4, -0.2) is 37.0 Å². The van der Waals surface area contributed by atoms with Gasteiger partial charge < -0.3 is 9.64 Å². The predicted molar refractivity (Wildman–Crippen MR) is 95.4 cm³/mol. The summed E-state index contributed by atoms with van der Waals surface area (Å²) in [4.78, 5) is 26.4. The van der Waals surface area contributed by atoms with Crippen molar-refractivity contribution in [3.8, 4) is 0 Å². The number of likely N-dealkylation sites (tertiary alicyclic amines) is 1. The van der Waals surface area contributed by atoms with E-state index in [-0.39, 0.29) is 11.9 Å². The van der Waals surface area contributed by atoms with Gasteiger partial charge in [-0.3, -0.25) is 9.59 Å². The molecule has 0 N–H and O–H groups in total. The Labute approximate surface area is 145 Å². The minimum atomic E-state index is -0.147. The largest absolute Gasteiger partial charge is 0.469 e. The summed E-state index contributed by atoms with van der Waals surface area (Å²) in [5.74, 6) is 0.904. The summed E-state index contributed by atoms with van der Waals surface area (Å²) in [6, 6.07) is 0. The zero-order valence-corrected chi connectivity index (χ0v) is 15.6. The van der Waals surface area contributed by atoms with E-state index in [0.717, 1.165) is 44.3 Å². The quantitative estimate of drug-likeness (QED) is 0.737. The highest BCUT2D eigenvalue weighted by Gasteiger charge is 2.27. The Bertz CT molecular complexity index is 539. The molecule has 1 amide bonds. The number of allylic oxidation sites excluding steroid dienone is 2. The number of hydrogen-bond acceptors (Lipinski definition) is 3. The standard InChI is InChI=1S/C20H31NO3/c1-14-6-5-7-15(2)18(12-16(14)3)20(23)21-10-8-17(9-11-21)13-19(22)24-4/h12,14,17H,5-11,13H2,1-4H3. The fraction of sp³-hybridized carbons (Fsp3) is 0.700. The number of carbonyl (C=O) groups is 2. The molecule has 1 unspecified atom stereocenters. The molecule has 0 spiro atoms. The van der Waals surface area contributed by atoms with Crippen molar-refractivity contribution in [1.29, 1.82) is 0 Å². The Kier molecular flexibility index (Phi) is 6.64. The summed E-state index contributed by atoms with van der Waals surface area (Å²) in [6.45, 7) is 7.95. The maximum Gasteiger partial charge on any atom is 0.305 e. The van der Waals surface area contributed by atoms with Crippen LogP contribution in [0.25, 0.3) is 0 Å². The summed E-state index contributed by atoms with van der Waals surface area (Å²) < 4.78 is 4.75. The molecule has 1 aliphatic heterocycles. The first-order valence-corrected chi connectivity index (χ1v) is 9.16. The molecule has 1 saturated heterocycles. The summed E-state index contributed by atoms with van der Waals surface area (Å²) in [7, 11) is 1.43. The number of rotatable bonds is 3. The number of nitrogens with zero attached hydrogens (tertiary/aromatic N) is 1. The van der Waals surface area contributed by atoms with Gasteiger partial charge in [0.15, 0.2) is 0 Å². The van der Waals surface area contributed by atoms with Gasteiger partial charge in [0.05, 0.1) is 7.11 Å². The summed E-state index contributed by atoms with van der Waals surface area (Å²) in [5.41, 5.74) is 3.41. The summed E-state index contributed by atoms with van der Waals surface area (Å²) in [6.07, 6.45) is 7.70. The third-order valence-electron chi connectivity index (χ3n) is 5.61. The maximum absolute atomic E-state index is 13.0. The number of methoxy groups -OCH3 is 1. The highest BCUT2D eigenvalue weighted by Crippen LogP contribution is 2.28. The van der Waals surface area contributed by atoms with Crippen LogP contribution < -0.4 is 0 Å². The van der Waals surface area contributed by atoms with Crippen molar-refractivity contribution in [3.63, 3.8) is 0 Å². The molecule has 1 aliphatic carbocycles. The van der Waals surface area contributed by atoms with E-state index in [9.17, 15) is 9.59 Å². The lowest BCUT2D eigenvalue weighted by Gasteiger charge is -2.32. The lowest BCUT2D eigenvalue weighted by molar-refractivity contribution is -0.142. The highest BCUT2D eigenvalue weighted by molar-refractivity contribution is 5.97. The van der Waals surface area contributed by atoms with E-state index in [1.807, 2.05) is 4.90 Å². The molecule has 2 aliphatic rings. The van der Waals surface area contributed by atoms with Gasteiger partial charge in [0.2, 0.25) is 0 Å². The molecule has 0 radical (unpaired) electrons. The lowest BCUT2D eigenvalue weighted by atomic mass is 9.88. The smallest absolute Gasteiger partial charge is 0.305 e. The van der Waals surface area contributed by atoms with Crippen LogP contribution >= 0.6 is 0 Å². The number of piperidine rings is 1. The first-order chi connectivity index (χ1) is 11.4. The Morgan fingerprint density at radius 1 is 1.21 bits per heavy atom. The molecule has 1 heterocycles. The second kappa shape index (κ2) is 8.50. The van der Waals surface area contributed by atoms with Crippen molar-refractivity contribution < 1.29 is 14.3 Å². The van der Waals surface area contributed by atoms with Gasteiger partial charge in [0.1, 0.15) is 0 Å². The molecule has 2 rings (SSSR count). The maximum atomic E-state index is 13.0. The fourth-order valence-corrected chi connectivity index (χ4v) is 3.60. The number of amides is 1. The van der Waals surface area contributed by atoms with Crippen molar-refractivity contribution in [2.24, 2.45) is 11.8 Å². The van der Waals surface area contributed by atoms with Crippen LogP contribution in [0.15, 0.2) is 22.8 Å². The van der Waals surface area contributed by atoms with Gasteiger partial charge in [0.25, 0.3) is 5.91 Å². The van der Waals surface area contributed by atoms with Crippen LogP contribution in [0.4, 0.5) is 0 Å². The van der Waals surface area contributed by atoms with Crippen LogP contribution in [-0.2, 0) is 14.3 Å². The van der Waals surface area contributed by atoms with E-state index in [0.29, 0.717) is 18.3 Å². The van der Waals surface area contributed by atoms with Crippen molar-refractivity contribution in [1.82, 2.24) is 4.90 Å². The molecule has 24 heavy (non-hydrogen) atoms. The van der Waals surface area contributed by atoms with Crippen molar-refractivity contribution in [2.75, 3.05) is 20.2 Å². The molecule has 0 aromatic carbocycles. The van der Waals surface area contributed by atoms with Crippen LogP contribution in [0.3, 0.4) is 0 Å². The first-order valence-electron chi connectivity index (χ1n) is 9.16. The minimum Gasteiger partial charge on any atom is -0.469 e. The molecule has 0 bridgehead atoms. The van der Waals surface area contributed by atoms with Crippen LogP contribution in [0.1, 0.15) is 59.3 Å². The molecule has 1 fully saturated rings. The third-order valence-corrected chi connectivity index (χ3v) is 5.61. The van der Waals surface area contributed by atoms with E-state index in [2.05, 4.69) is 26.8 Å². The molecule has 4 heteroatoms. The molecular weight excluding hydrogens is 302 g/mol. The zero-order chi connectivity index (χ0) is 17.7.